The Morgan fingerprint density at radius 3 is 2.21 bits per heavy atom. The molecule has 6 heteroatoms. The van der Waals surface area contributed by atoms with Crippen LogP contribution in [-0.4, -0.2) is 36.2 Å². The Morgan fingerprint density at radius 1 is 1.21 bits per heavy atom. The number of aliphatic hydroxyl groups is 1. The quantitative estimate of drug-likeness (QED) is 0.530. The lowest BCUT2D eigenvalue weighted by atomic mass is 10.4. The highest BCUT2D eigenvalue weighted by Crippen LogP contribution is 1.94. The van der Waals surface area contributed by atoms with Gasteiger partial charge >= 0.3 is 12.1 Å². The number of rotatable bonds is 4. The van der Waals surface area contributed by atoms with E-state index in [1.54, 1.807) is 13.8 Å². The third kappa shape index (κ3) is 6.24. The summed E-state index contributed by atoms with van der Waals surface area (Å²) in [6, 6.07) is 0. The van der Waals surface area contributed by atoms with E-state index in [-0.39, 0.29) is 6.10 Å². The smallest absolute Gasteiger partial charge is 0.431 e. The van der Waals surface area contributed by atoms with E-state index in [0.717, 1.165) is 0 Å². The largest absolute Gasteiger partial charge is 0.511 e. The first-order chi connectivity index (χ1) is 6.43. The molecule has 0 aromatic carbocycles. The van der Waals surface area contributed by atoms with Gasteiger partial charge in [0.1, 0.15) is 6.10 Å². The highest BCUT2D eigenvalue weighted by atomic mass is 16.8. The van der Waals surface area contributed by atoms with Crippen LogP contribution in [-0.2, 0) is 19.0 Å². The molecule has 0 aromatic heterocycles. The second-order valence-corrected chi connectivity index (χ2v) is 2.82. The van der Waals surface area contributed by atoms with E-state index in [1.165, 1.54) is 6.92 Å². The fourth-order valence-electron chi connectivity index (χ4n) is 0.483. The Bertz CT molecular complexity index is 198. The van der Waals surface area contributed by atoms with Gasteiger partial charge in [-0.25, -0.2) is 9.59 Å². The maximum absolute atomic E-state index is 10.7. The third-order valence-corrected chi connectivity index (χ3v) is 1.05. The summed E-state index contributed by atoms with van der Waals surface area (Å²) in [6.07, 6.45) is -2.45. The van der Waals surface area contributed by atoms with Gasteiger partial charge in [0, 0.05) is 0 Å². The number of carbonyl (C=O) groups excluding carboxylic acids is 2. The molecule has 1 unspecified atom stereocenters. The first-order valence-electron chi connectivity index (χ1n) is 4.11. The maximum Gasteiger partial charge on any atom is 0.511 e. The first kappa shape index (κ1) is 12.7. The topological polar surface area (TPSA) is 82.1 Å². The van der Waals surface area contributed by atoms with Crippen LogP contribution in [0.2, 0.25) is 0 Å². The summed E-state index contributed by atoms with van der Waals surface area (Å²) in [4.78, 5) is 21.3. The molecule has 6 nitrogen and oxygen atoms in total. The normalized spacial score (nSPS) is 12.1. The van der Waals surface area contributed by atoms with Gasteiger partial charge in [0.2, 0.25) is 6.79 Å². The monoisotopic (exact) mass is 206 g/mol. The molecule has 0 aromatic rings. The number of esters is 1. The van der Waals surface area contributed by atoms with Crippen LogP contribution in [0.1, 0.15) is 20.8 Å². The predicted octanol–water partition coefficient (Wildman–Crippen LogP) is 0.430. The number of hydrogen-bond donors (Lipinski definition) is 1. The fraction of sp³-hybridized carbons (Fsp3) is 0.750. The zero-order chi connectivity index (χ0) is 11.1. The average Bonchev–Trinajstić information content (AvgIpc) is 2.02. The van der Waals surface area contributed by atoms with Gasteiger partial charge in [-0.3, -0.25) is 0 Å². The number of hydrogen-bond acceptors (Lipinski definition) is 6. The molecule has 0 heterocycles. The summed E-state index contributed by atoms with van der Waals surface area (Å²) in [5.74, 6) is -0.859. The van der Waals surface area contributed by atoms with E-state index in [1.807, 2.05) is 0 Å². The molecular formula is C8H14O6. The summed E-state index contributed by atoms with van der Waals surface area (Å²) >= 11 is 0. The van der Waals surface area contributed by atoms with Crippen molar-refractivity contribution in [3.05, 3.63) is 0 Å². The molecule has 0 radical (unpaired) electrons. The minimum absolute atomic E-state index is 0.296. The minimum atomic E-state index is -1.24. The Balaban J connectivity index is 3.54. The molecule has 0 fully saturated rings. The van der Waals surface area contributed by atoms with Crippen molar-refractivity contribution >= 4 is 12.1 Å². The molecule has 14 heavy (non-hydrogen) atoms. The molecule has 0 aliphatic heterocycles. The zero-order valence-corrected chi connectivity index (χ0v) is 8.35. The summed E-state index contributed by atoms with van der Waals surface area (Å²) in [6.45, 7) is 4.00. The number of carbonyl (C=O) groups is 2. The van der Waals surface area contributed by atoms with Gasteiger partial charge in [0.25, 0.3) is 0 Å². The molecule has 0 spiro atoms. The number of aliphatic hydroxyl groups excluding tert-OH is 1. The van der Waals surface area contributed by atoms with Crippen molar-refractivity contribution in [2.45, 2.75) is 33.0 Å². The molecule has 0 amide bonds. The van der Waals surface area contributed by atoms with Crippen molar-refractivity contribution in [2.75, 3.05) is 6.79 Å². The molecule has 0 aliphatic rings. The highest BCUT2D eigenvalue weighted by Gasteiger charge is 2.12. The zero-order valence-electron chi connectivity index (χ0n) is 8.35. The lowest BCUT2D eigenvalue weighted by molar-refractivity contribution is -0.162. The van der Waals surface area contributed by atoms with Gasteiger partial charge in [-0.1, -0.05) is 0 Å². The van der Waals surface area contributed by atoms with Crippen LogP contribution in [0.25, 0.3) is 0 Å². The van der Waals surface area contributed by atoms with E-state index in [9.17, 15) is 9.59 Å². The van der Waals surface area contributed by atoms with Gasteiger partial charge in [0.05, 0.1) is 6.10 Å². The summed E-state index contributed by atoms with van der Waals surface area (Å²) in [5, 5.41) is 8.69. The summed E-state index contributed by atoms with van der Waals surface area (Å²) in [7, 11) is 0. The van der Waals surface area contributed by atoms with Crippen LogP contribution in [0.5, 0.6) is 0 Å². The van der Waals surface area contributed by atoms with Gasteiger partial charge in [-0.05, 0) is 20.8 Å². The van der Waals surface area contributed by atoms with Crippen molar-refractivity contribution in [3.63, 3.8) is 0 Å². The fourth-order valence-corrected chi connectivity index (χ4v) is 0.483. The molecule has 0 saturated carbocycles. The van der Waals surface area contributed by atoms with Crippen molar-refractivity contribution in [3.8, 4) is 0 Å². The molecule has 0 saturated heterocycles. The Hall–Kier alpha value is -1.30. The lowest BCUT2D eigenvalue weighted by Gasteiger charge is -2.09. The summed E-state index contributed by atoms with van der Waals surface area (Å²) < 4.78 is 13.3. The van der Waals surface area contributed by atoms with Crippen molar-refractivity contribution in [1.29, 1.82) is 0 Å². The van der Waals surface area contributed by atoms with Gasteiger partial charge in [0.15, 0.2) is 0 Å². The lowest BCUT2D eigenvalue weighted by Crippen LogP contribution is -2.22. The van der Waals surface area contributed by atoms with Crippen LogP contribution >= 0.6 is 0 Å². The Morgan fingerprint density at radius 2 is 1.79 bits per heavy atom. The van der Waals surface area contributed by atoms with E-state index >= 15 is 0 Å². The third-order valence-electron chi connectivity index (χ3n) is 1.05. The van der Waals surface area contributed by atoms with E-state index in [0.29, 0.717) is 0 Å². The molecule has 0 rings (SSSR count). The maximum atomic E-state index is 10.7. The predicted molar refractivity (Wildman–Crippen MR) is 45.3 cm³/mol. The van der Waals surface area contributed by atoms with E-state index in [4.69, 9.17) is 5.11 Å². The van der Waals surface area contributed by atoms with Crippen molar-refractivity contribution in [1.82, 2.24) is 0 Å². The molecular weight excluding hydrogens is 192 g/mol. The van der Waals surface area contributed by atoms with Crippen LogP contribution in [0.3, 0.4) is 0 Å². The SMILES string of the molecule is CC(C)OC(=O)OCOC(=O)C(C)O. The minimum Gasteiger partial charge on any atom is -0.431 e. The van der Waals surface area contributed by atoms with Crippen LogP contribution in [0, 0.1) is 0 Å². The van der Waals surface area contributed by atoms with Crippen LogP contribution in [0.15, 0.2) is 0 Å². The van der Waals surface area contributed by atoms with Gasteiger partial charge in [-0.2, -0.15) is 0 Å². The van der Waals surface area contributed by atoms with Crippen molar-refractivity contribution < 1.29 is 28.9 Å². The molecule has 0 aliphatic carbocycles. The molecule has 1 atom stereocenters. The highest BCUT2D eigenvalue weighted by molar-refractivity contribution is 5.73. The average molecular weight is 206 g/mol. The van der Waals surface area contributed by atoms with Crippen molar-refractivity contribution in [2.24, 2.45) is 0 Å². The van der Waals surface area contributed by atoms with Crippen LogP contribution < -0.4 is 0 Å². The second kappa shape index (κ2) is 6.20. The van der Waals surface area contributed by atoms with Gasteiger partial charge in [-0.15, -0.1) is 0 Å². The summed E-state index contributed by atoms with van der Waals surface area (Å²) in [5.41, 5.74) is 0. The Labute approximate surface area is 81.8 Å². The van der Waals surface area contributed by atoms with E-state index in [2.05, 4.69) is 14.2 Å². The Kier molecular flexibility index (Phi) is 5.62. The molecule has 82 valence electrons. The molecule has 0 bridgehead atoms. The van der Waals surface area contributed by atoms with E-state index < -0.39 is 25.0 Å². The first-order valence-corrected chi connectivity index (χ1v) is 4.11. The standard InChI is InChI=1S/C8H14O6/c1-5(2)14-8(11)13-4-12-7(10)6(3)9/h5-6,9H,4H2,1-3H3. The number of ether oxygens (including phenoxy) is 3. The van der Waals surface area contributed by atoms with Crippen LogP contribution in [0.4, 0.5) is 4.79 Å². The molecule has 1 N–H and O–H groups in total. The second-order valence-electron chi connectivity index (χ2n) is 2.82. The van der Waals surface area contributed by atoms with Gasteiger partial charge < -0.3 is 19.3 Å².